The van der Waals surface area contributed by atoms with Crippen LogP contribution in [0.4, 0.5) is 0 Å². The number of nitrogens with one attached hydrogen (secondary N) is 1. The first kappa shape index (κ1) is 9.94. The monoisotopic (exact) mass is 203 g/mol. The van der Waals surface area contributed by atoms with E-state index in [-0.39, 0.29) is 0 Å². The van der Waals surface area contributed by atoms with Crippen molar-refractivity contribution in [3.63, 3.8) is 0 Å². The molecule has 0 amide bonds. The van der Waals surface area contributed by atoms with E-state index >= 15 is 0 Å². The van der Waals surface area contributed by atoms with Crippen molar-refractivity contribution in [2.24, 2.45) is 0 Å². The molecule has 0 spiro atoms. The molecule has 1 saturated heterocycles. The van der Waals surface area contributed by atoms with Crippen molar-refractivity contribution in [3.8, 4) is 11.8 Å². The Morgan fingerprint density at radius 3 is 3.27 bits per heavy atom. The van der Waals surface area contributed by atoms with Crippen LogP contribution in [0.1, 0.15) is 18.4 Å². The minimum absolute atomic E-state index is 0.441. The first-order chi connectivity index (χ1) is 7.38. The molecule has 15 heavy (non-hydrogen) atoms. The minimum atomic E-state index is 0.441. The van der Waals surface area contributed by atoms with Gasteiger partial charge in [0.25, 0.3) is 0 Å². The number of nitrogens with zero attached hydrogens (tertiary/aromatic N) is 2. The molecule has 1 aliphatic heterocycles. The smallest absolute Gasteiger partial charge is 0.138 e. The second kappa shape index (κ2) is 4.76. The van der Waals surface area contributed by atoms with Gasteiger partial charge in [0.05, 0.1) is 11.8 Å². The van der Waals surface area contributed by atoms with Crippen LogP contribution in [0.15, 0.2) is 18.5 Å². The number of pyridine rings is 1. The third kappa shape index (κ3) is 2.67. The molecule has 0 aliphatic carbocycles. The van der Waals surface area contributed by atoms with Gasteiger partial charge in [-0.15, -0.1) is 0 Å². The lowest BCUT2D eigenvalue weighted by Gasteiger charge is -2.11. The fourth-order valence-electron chi connectivity index (χ4n) is 1.65. The van der Waals surface area contributed by atoms with E-state index in [1.54, 1.807) is 12.3 Å². The van der Waals surface area contributed by atoms with Crippen LogP contribution in [0.2, 0.25) is 0 Å². The molecule has 0 unspecified atom stereocenters. The Balaban J connectivity index is 1.90. The molecule has 4 heteroatoms. The second-order valence-electron chi connectivity index (χ2n) is 3.63. The van der Waals surface area contributed by atoms with Gasteiger partial charge in [0.1, 0.15) is 18.4 Å². The lowest BCUT2D eigenvalue weighted by molar-refractivity contribution is 0.276. The molecule has 0 aromatic carbocycles. The number of hydrogen-bond donors (Lipinski definition) is 1. The van der Waals surface area contributed by atoms with Crippen molar-refractivity contribution in [1.82, 2.24) is 10.3 Å². The van der Waals surface area contributed by atoms with Crippen LogP contribution < -0.4 is 10.1 Å². The van der Waals surface area contributed by atoms with Crippen molar-refractivity contribution >= 4 is 0 Å². The zero-order valence-corrected chi connectivity index (χ0v) is 8.44. The Morgan fingerprint density at radius 2 is 2.53 bits per heavy atom. The molecule has 1 atom stereocenters. The third-order valence-corrected chi connectivity index (χ3v) is 2.46. The minimum Gasteiger partial charge on any atom is -0.490 e. The molecule has 0 saturated carbocycles. The molecule has 2 rings (SSSR count). The molecule has 4 nitrogen and oxygen atoms in total. The molecular formula is C11H13N3O. The summed E-state index contributed by atoms with van der Waals surface area (Å²) in [5.41, 5.74) is 0.534. The van der Waals surface area contributed by atoms with Crippen molar-refractivity contribution in [2.45, 2.75) is 18.9 Å². The van der Waals surface area contributed by atoms with Crippen molar-refractivity contribution in [3.05, 3.63) is 24.0 Å². The number of nitriles is 1. The summed E-state index contributed by atoms with van der Waals surface area (Å²) in [6.45, 7) is 1.72. The number of ether oxygens (including phenoxy) is 1. The number of aromatic nitrogens is 1. The van der Waals surface area contributed by atoms with Crippen molar-refractivity contribution in [1.29, 1.82) is 5.26 Å². The normalized spacial score (nSPS) is 19.8. The van der Waals surface area contributed by atoms with Crippen LogP contribution in [-0.2, 0) is 0 Å². The highest BCUT2D eigenvalue weighted by atomic mass is 16.5. The second-order valence-corrected chi connectivity index (χ2v) is 3.63. The maximum Gasteiger partial charge on any atom is 0.138 e. The molecule has 2 heterocycles. The summed E-state index contributed by atoms with van der Waals surface area (Å²) in [7, 11) is 0. The van der Waals surface area contributed by atoms with Gasteiger partial charge in [-0.2, -0.15) is 5.26 Å². The fraction of sp³-hybridized carbons (Fsp3) is 0.455. The van der Waals surface area contributed by atoms with Crippen LogP contribution >= 0.6 is 0 Å². The molecule has 1 fully saturated rings. The van der Waals surface area contributed by atoms with Gasteiger partial charge in [0.2, 0.25) is 0 Å². The summed E-state index contributed by atoms with van der Waals surface area (Å²) < 4.78 is 5.56. The summed E-state index contributed by atoms with van der Waals surface area (Å²) in [4.78, 5) is 3.93. The van der Waals surface area contributed by atoms with Crippen LogP contribution in [0.3, 0.4) is 0 Å². The van der Waals surface area contributed by atoms with Crippen LogP contribution in [0, 0.1) is 11.3 Å². The average molecular weight is 203 g/mol. The Hall–Kier alpha value is -1.60. The topological polar surface area (TPSA) is 57.9 Å². The van der Waals surface area contributed by atoms with Gasteiger partial charge in [0, 0.05) is 18.3 Å². The van der Waals surface area contributed by atoms with Crippen molar-refractivity contribution in [2.75, 3.05) is 13.2 Å². The average Bonchev–Trinajstić information content (AvgIpc) is 2.79. The molecule has 0 radical (unpaired) electrons. The number of hydrogen-bond acceptors (Lipinski definition) is 4. The van der Waals surface area contributed by atoms with Gasteiger partial charge < -0.3 is 10.1 Å². The fourth-order valence-corrected chi connectivity index (χ4v) is 1.65. The summed E-state index contributed by atoms with van der Waals surface area (Å²) in [6, 6.07) is 4.19. The maximum absolute atomic E-state index is 8.68. The third-order valence-electron chi connectivity index (χ3n) is 2.46. The lowest BCUT2D eigenvalue weighted by atomic mass is 10.2. The van der Waals surface area contributed by atoms with Crippen LogP contribution in [0.25, 0.3) is 0 Å². The van der Waals surface area contributed by atoms with Crippen molar-refractivity contribution < 1.29 is 4.74 Å². The van der Waals surface area contributed by atoms with Gasteiger partial charge in [-0.25, -0.2) is 0 Å². The summed E-state index contributed by atoms with van der Waals surface area (Å²) in [6.07, 6.45) is 5.53. The Bertz CT molecular complexity index is 366. The molecule has 78 valence electrons. The Labute approximate surface area is 88.9 Å². The zero-order valence-electron chi connectivity index (χ0n) is 8.44. The van der Waals surface area contributed by atoms with Gasteiger partial charge >= 0.3 is 0 Å². The predicted octanol–water partition coefficient (Wildman–Crippen LogP) is 1.08. The first-order valence-electron chi connectivity index (χ1n) is 5.10. The predicted molar refractivity (Wildman–Crippen MR) is 55.5 cm³/mol. The van der Waals surface area contributed by atoms with Gasteiger partial charge in [-0.1, -0.05) is 0 Å². The summed E-state index contributed by atoms with van der Waals surface area (Å²) in [5, 5.41) is 12.0. The molecule has 0 bridgehead atoms. The van der Waals surface area contributed by atoms with E-state index in [1.807, 2.05) is 6.07 Å². The van der Waals surface area contributed by atoms with E-state index in [2.05, 4.69) is 10.3 Å². The largest absolute Gasteiger partial charge is 0.490 e. The molecule has 1 aliphatic rings. The highest BCUT2D eigenvalue weighted by molar-refractivity contribution is 5.32. The van der Waals surface area contributed by atoms with E-state index < -0.39 is 0 Å². The molecule has 1 aromatic rings. The number of rotatable bonds is 3. The molecular weight excluding hydrogens is 190 g/mol. The Morgan fingerprint density at radius 1 is 1.60 bits per heavy atom. The van der Waals surface area contributed by atoms with Gasteiger partial charge in [-0.05, 0) is 19.4 Å². The molecule has 1 N–H and O–H groups in total. The van der Waals surface area contributed by atoms with E-state index in [0.717, 1.165) is 13.0 Å². The lowest BCUT2D eigenvalue weighted by Crippen LogP contribution is -2.28. The highest BCUT2D eigenvalue weighted by Crippen LogP contribution is 2.12. The van der Waals surface area contributed by atoms with Gasteiger partial charge in [-0.3, -0.25) is 4.98 Å². The van der Waals surface area contributed by atoms with Crippen LogP contribution in [-0.4, -0.2) is 24.2 Å². The van der Waals surface area contributed by atoms with E-state index in [1.165, 1.54) is 12.6 Å². The zero-order chi connectivity index (χ0) is 10.5. The van der Waals surface area contributed by atoms with E-state index in [0.29, 0.717) is 24.0 Å². The van der Waals surface area contributed by atoms with Crippen LogP contribution in [0.5, 0.6) is 5.75 Å². The van der Waals surface area contributed by atoms with Gasteiger partial charge in [0.15, 0.2) is 0 Å². The van der Waals surface area contributed by atoms with E-state index in [9.17, 15) is 0 Å². The summed E-state index contributed by atoms with van der Waals surface area (Å²) >= 11 is 0. The maximum atomic E-state index is 8.68. The SMILES string of the molecule is N#Cc1cncc(OC[C@@H]2CCCN2)c1. The quantitative estimate of drug-likeness (QED) is 0.798. The summed E-state index contributed by atoms with van der Waals surface area (Å²) in [5.74, 6) is 0.669. The standard InChI is InChI=1S/C11H13N3O/c12-5-9-4-11(7-13-6-9)15-8-10-2-1-3-14-10/h4,6-7,10,14H,1-3,8H2/t10-/m0/s1. The first-order valence-corrected chi connectivity index (χ1v) is 5.10. The van der Waals surface area contributed by atoms with E-state index in [4.69, 9.17) is 10.00 Å². The highest BCUT2D eigenvalue weighted by Gasteiger charge is 2.14. The Kier molecular flexibility index (Phi) is 3.15. The molecule has 1 aromatic heterocycles.